The second-order valence-corrected chi connectivity index (χ2v) is 8.52. The quantitative estimate of drug-likeness (QED) is 0.604. The van der Waals surface area contributed by atoms with E-state index in [1.807, 2.05) is 12.1 Å². The Bertz CT molecular complexity index is 865. The summed E-state index contributed by atoms with van der Waals surface area (Å²) >= 11 is 1.61. The van der Waals surface area contributed by atoms with Crippen LogP contribution in [0.2, 0.25) is 0 Å². The van der Waals surface area contributed by atoms with Gasteiger partial charge in [0.25, 0.3) is 5.91 Å². The third-order valence-electron chi connectivity index (χ3n) is 5.01. The molecule has 0 radical (unpaired) electrons. The molecule has 2 aromatic rings. The molecule has 166 valence electrons. The van der Waals surface area contributed by atoms with Crippen LogP contribution in [-0.4, -0.2) is 67.4 Å². The molecule has 2 aromatic carbocycles. The van der Waals surface area contributed by atoms with Crippen LogP contribution >= 0.6 is 11.8 Å². The Balaban J connectivity index is 1.56. The number of esters is 1. The highest BCUT2D eigenvalue weighted by atomic mass is 32.2. The standard InChI is InChI=1S/C23H28N2O5S/c1-16(26)21(23(28)29-2)24-22(27)18-5-9-20(10-6-18)31-19-7-3-17(4-8-19)15-25-11-13-30-14-12-25/h3-10,16,21,26H,11-15H2,1-2H3,(H,24,27). The van der Waals surface area contributed by atoms with Crippen molar-refractivity contribution >= 4 is 23.6 Å². The van der Waals surface area contributed by atoms with E-state index in [9.17, 15) is 14.7 Å². The molecule has 0 spiro atoms. The zero-order chi connectivity index (χ0) is 22.2. The zero-order valence-corrected chi connectivity index (χ0v) is 18.6. The predicted molar refractivity (Wildman–Crippen MR) is 118 cm³/mol. The van der Waals surface area contributed by atoms with Gasteiger partial charge in [-0.25, -0.2) is 4.79 Å². The SMILES string of the molecule is COC(=O)C(NC(=O)c1ccc(Sc2ccc(CN3CCOCC3)cc2)cc1)C(C)O. The summed E-state index contributed by atoms with van der Waals surface area (Å²) < 4.78 is 10.0. The van der Waals surface area contributed by atoms with Gasteiger partial charge in [-0.2, -0.15) is 0 Å². The number of carbonyl (C=O) groups excluding carboxylic acids is 2. The van der Waals surface area contributed by atoms with Crippen molar-refractivity contribution in [3.63, 3.8) is 0 Å². The molecule has 0 saturated carbocycles. The van der Waals surface area contributed by atoms with E-state index in [-0.39, 0.29) is 0 Å². The summed E-state index contributed by atoms with van der Waals surface area (Å²) in [7, 11) is 1.21. The van der Waals surface area contributed by atoms with E-state index in [1.54, 1.807) is 23.9 Å². The summed E-state index contributed by atoms with van der Waals surface area (Å²) in [6.07, 6.45) is -1.06. The zero-order valence-electron chi connectivity index (χ0n) is 17.7. The van der Waals surface area contributed by atoms with Crippen molar-refractivity contribution in [2.24, 2.45) is 0 Å². The monoisotopic (exact) mass is 444 g/mol. The molecule has 1 aliphatic rings. The van der Waals surface area contributed by atoms with E-state index < -0.39 is 24.0 Å². The van der Waals surface area contributed by atoms with Crippen LogP contribution in [0.1, 0.15) is 22.8 Å². The van der Waals surface area contributed by atoms with Gasteiger partial charge in [-0.3, -0.25) is 9.69 Å². The molecular weight excluding hydrogens is 416 g/mol. The molecule has 1 aliphatic heterocycles. The van der Waals surface area contributed by atoms with Gasteiger partial charge >= 0.3 is 5.97 Å². The lowest BCUT2D eigenvalue weighted by molar-refractivity contribution is -0.145. The Labute approximate surface area is 186 Å². The number of rotatable bonds is 8. The first-order valence-electron chi connectivity index (χ1n) is 10.2. The normalized spacial score (nSPS) is 16.4. The molecule has 1 saturated heterocycles. The number of ether oxygens (including phenoxy) is 2. The molecule has 0 aromatic heterocycles. The van der Waals surface area contributed by atoms with Crippen molar-refractivity contribution in [2.75, 3.05) is 33.4 Å². The van der Waals surface area contributed by atoms with Crippen LogP contribution in [0, 0.1) is 0 Å². The number of aliphatic hydroxyl groups excluding tert-OH is 1. The van der Waals surface area contributed by atoms with Gasteiger partial charge < -0.3 is 19.9 Å². The second kappa shape index (κ2) is 11.3. The first-order chi connectivity index (χ1) is 15.0. The smallest absolute Gasteiger partial charge is 0.331 e. The number of methoxy groups -OCH3 is 1. The molecular formula is C23H28N2O5S. The van der Waals surface area contributed by atoms with Crippen molar-refractivity contribution in [2.45, 2.75) is 35.4 Å². The van der Waals surface area contributed by atoms with Crippen molar-refractivity contribution in [1.29, 1.82) is 0 Å². The maximum atomic E-state index is 12.4. The molecule has 7 nitrogen and oxygen atoms in total. The highest BCUT2D eigenvalue weighted by molar-refractivity contribution is 7.99. The lowest BCUT2D eigenvalue weighted by Gasteiger charge is -2.26. The number of hydrogen-bond donors (Lipinski definition) is 2. The number of benzene rings is 2. The minimum Gasteiger partial charge on any atom is -0.467 e. The topological polar surface area (TPSA) is 88.1 Å². The number of carbonyl (C=O) groups is 2. The minimum absolute atomic E-state index is 0.403. The van der Waals surface area contributed by atoms with Gasteiger partial charge in [-0.15, -0.1) is 0 Å². The van der Waals surface area contributed by atoms with Crippen LogP contribution in [0.25, 0.3) is 0 Å². The van der Waals surface area contributed by atoms with Gasteiger partial charge in [0.1, 0.15) is 0 Å². The Morgan fingerprint density at radius 2 is 1.68 bits per heavy atom. The van der Waals surface area contributed by atoms with E-state index in [2.05, 4.69) is 39.2 Å². The van der Waals surface area contributed by atoms with Gasteiger partial charge in [0.05, 0.1) is 26.4 Å². The lowest BCUT2D eigenvalue weighted by atomic mass is 10.1. The summed E-state index contributed by atoms with van der Waals surface area (Å²) in [6.45, 7) is 5.88. The van der Waals surface area contributed by atoms with E-state index >= 15 is 0 Å². The Morgan fingerprint density at radius 3 is 2.23 bits per heavy atom. The van der Waals surface area contributed by atoms with Crippen LogP contribution in [-0.2, 0) is 20.8 Å². The third-order valence-corrected chi connectivity index (χ3v) is 6.03. The molecule has 1 heterocycles. The third kappa shape index (κ3) is 6.80. The molecule has 31 heavy (non-hydrogen) atoms. The first kappa shape index (κ1) is 23.3. The summed E-state index contributed by atoms with van der Waals surface area (Å²) in [4.78, 5) is 28.6. The maximum absolute atomic E-state index is 12.4. The number of nitrogens with one attached hydrogen (secondary N) is 1. The van der Waals surface area contributed by atoms with Gasteiger partial charge in [0.2, 0.25) is 0 Å². The van der Waals surface area contributed by atoms with Crippen molar-refractivity contribution in [3.8, 4) is 0 Å². The Morgan fingerprint density at radius 1 is 1.10 bits per heavy atom. The number of hydrogen-bond acceptors (Lipinski definition) is 7. The fourth-order valence-corrected chi connectivity index (χ4v) is 4.04. The van der Waals surface area contributed by atoms with E-state index in [4.69, 9.17) is 4.74 Å². The number of aliphatic hydroxyl groups is 1. The molecule has 2 atom stereocenters. The summed E-state index contributed by atoms with van der Waals surface area (Å²) in [5.74, 6) is -1.13. The average Bonchev–Trinajstić information content (AvgIpc) is 2.79. The van der Waals surface area contributed by atoms with Crippen LogP contribution < -0.4 is 5.32 Å². The molecule has 3 rings (SSSR count). The van der Waals surface area contributed by atoms with E-state index in [0.29, 0.717) is 5.56 Å². The van der Waals surface area contributed by atoms with Crippen LogP contribution in [0.5, 0.6) is 0 Å². The molecule has 2 N–H and O–H groups in total. The average molecular weight is 445 g/mol. The van der Waals surface area contributed by atoms with Gasteiger partial charge in [0.15, 0.2) is 6.04 Å². The fourth-order valence-electron chi connectivity index (χ4n) is 3.22. The summed E-state index contributed by atoms with van der Waals surface area (Å²) in [6, 6.07) is 14.5. The Hall–Kier alpha value is -2.39. The number of nitrogens with zero attached hydrogens (tertiary/aromatic N) is 1. The molecule has 0 bridgehead atoms. The van der Waals surface area contributed by atoms with E-state index in [1.165, 1.54) is 19.6 Å². The van der Waals surface area contributed by atoms with Gasteiger partial charge in [-0.1, -0.05) is 23.9 Å². The molecule has 1 fully saturated rings. The van der Waals surface area contributed by atoms with E-state index in [0.717, 1.165) is 42.6 Å². The molecule has 8 heteroatoms. The van der Waals surface area contributed by atoms with Gasteiger partial charge in [0, 0.05) is 35.0 Å². The molecule has 0 aliphatic carbocycles. The molecule has 1 amide bonds. The lowest BCUT2D eigenvalue weighted by Crippen LogP contribution is -2.48. The second-order valence-electron chi connectivity index (χ2n) is 7.37. The van der Waals surface area contributed by atoms with Gasteiger partial charge in [-0.05, 0) is 48.9 Å². The van der Waals surface area contributed by atoms with Crippen LogP contribution in [0.4, 0.5) is 0 Å². The van der Waals surface area contributed by atoms with Crippen LogP contribution in [0.3, 0.4) is 0 Å². The first-order valence-corrected chi connectivity index (χ1v) is 11.0. The summed E-state index contributed by atoms with van der Waals surface area (Å²) in [5.41, 5.74) is 1.68. The van der Waals surface area contributed by atoms with Crippen molar-refractivity contribution < 1.29 is 24.2 Å². The highest BCUT2D eigenvalue weighted by Gasteiger charge is 2.26. The fraction of sp³-hybridized carbons (Fsp3) is 0.391. The predicted octanol–water partition coefficient (Wildman–Crippen LogP) is 2.32. The number of amides is 1. The van der Waals surface area contributed by atoms with Crippen molar-refractivity contribution in [3.05, 3.63) is 59.7 Å². The Kier molecular flexibility index (Phi) is 8.48. The summed E-state index contributed by atoms with van der Waals surface area (Å²) in [5, 5.41) is 12.2. The highest BCUT2D eigenvalue weighted by Crippen LogP contribution is 2.28. The number of morpholine rings is 1. The maximum Gasteiger partial charge on any atom is 0.331 e. The van der Waals surface area contributed by atoms with Crippen LogP contribution in [0.15, 0.2) is 58.3 Å². The molecule has 2 unspecified atom stereocenters. The minimum atomic E-state index is -1.11. The largest absolute Gasteiger partial charge is 0.467 e. The van der Waals surface area contributed by atoms with Crippen molar-refractivity contribution in [1.82, 2.24) is 10.2 Å².